The number of benzene rings is 2. The van der Waals surface area contributed by atoms with Gasteiger partial charge in [-0.05, 0) is 35.7 Å². The molecule has 0 radical (unpaired) electrons. The molecule has 0 spiro atoms. The Labute approximate surface area is 168 Å². The quantitative estimate of drug-likeness (QED) is 0.609. The lowest BCUT2D eigenvalue weighted by Crippen LogP contribution is -2.17. The number of amides is 1. The monoisotopic (exact) mass is 394 g/mol. The van der Waals surface area contributed by atoms with Crippen molar-refractivity contribution in [1.29, 1.82) is 0 Å². The van der Waals surface area contributed by atoms with Crippen molar-refractivity contribution in [3.05, 3.63) is 52.3 Å². The highest BCUT2D eigenvalue weighted by atomic mass is 32.1. The van der Waals surface area contributed by atoms with Crippen molar-refractivity contribution in [2.24, 2.45) is 4.99 Å². The number of aromatic nitrogens is 1. The number of thiazole rings is 1. The molecule has 144 valence electrons. The van der Waals surface area contributed by atoms with Crippen LogP contribution in [-0.4, -0.2) is 24.7 Å². The van der Waals surface area contributed by atoms with Gasteiger partial charge in [-0.2, -0.15) is 4.99 Å². The summed E-state index contributed by atoms with van der Waals surface area (Å²) in [5.74, 6) is 3.46. The van der Waals surface area contributed by atoms with Crippen molar-refractivity contribution < 1.29 is 14.3 Å². The predicted molar refractivity (Wildman–Crippen MR) is 112 cm³/mol. The van der Waals surface area contributed by atoms with Gasteiger partial charge >= 0.3 is 0 Å². The molecule has 1 heterocycles. The third-order valence-electron chi connectivity index (χ3n) is 4.46. The van der Waals surface area contributed by atoms with E-state index >= 15 is 0 Å². The maximum atomic E-state index is 13.0. The van der Waals surface area contributed by atoms with E-state index in [2.05, 4.69) is 36.9 Å². The van der Waals surface area contributed by atoms with Crippen molar-refractivity contribution >= 4 is 27.5 Å². The molecular formula is C22H22N2O3S. The molecule has 0 saturated carbocycles. The minimum Gasteiger partial charge on any atom is -0.496 e. The van der Waals surface area contributed by atoms with E-state index in [4.69, 9.17) is 15.9 Å². The minimum atomic E-state index is -0.435. The largest absolute Gasteiger partial charge is 0.496 e. The van der Waals surface area contributed by atoms with Gasteiger partial charge in [0.05, 0.1) is 31.0 Å². The SMILES string of the molecule is C#CCn1c(=NC(=O)c2c(OC)cccc2OC)sc2cc(C(C)C)ccc21. The molecule has 0 saturated heterocycles. The second-order valence-electron chi connectivity index (χ2n) is 6.51. The average molecular weight is 394 g/mol. The smallest absolute Gasteiger partial charge is 0.287 e. The second-order valence-corrected chi connectivity index (χ2v) is 7.52. The standard InChI is InChI=1S/C22H22N2O3S/c1-6-12-24-16-11-10-15(14(2)3)13-19(16)28-22(24)23-21(25)20-17(26-4)8-7-9-18(20)27-5/h1,7-11,13-14H,12H2,2-5H3. The van der Waals surface area contributed by atoms with Crippen LogP contribution in [0.1, 0.15) is 35.7 Å². The lowest BCUT2D eigenvalue weighted by atomic mass is 10.0. The summed E-state index contributed by atoms with van der Waals surface area (Å²) in [6.07, 6.45) is 5.56. The first-order chi connectivity index (χ1) is 13.5. The Bertz CT molecular complexity index is 1110. The number of rotatable bonds is 5. The topological polar surface area (TPSA) is 52.8 Å². The Morgan fingerprint density at radius 3 is 2.46 bits per heavy atom. The molecule has 3 rings (SSSR count). The third-order valence-corrected chi connectivity index (χ3v) is 5.50. The van der Waals surface area contributed by atoms with Gasteiger partial charge < -0.3 is 14.0 Å². The highest BCUT2D eigenvalue weighted by molar-refractivity contribution is 7.16. The van der Waals surface area contributed by atoms with Gasteiger partial charge in [-0.25, -0.2) is 0 Å². The van der Waals surface area contributed by atoms with Crippen LogP contribution in [0.3, 0.4) is 0 Å². The Balaban J connectivity index is 2.20. The van der Waals surface area contributed by atoms with Crippen molar-refractivity contribution in [3.63, 3.8) is 0 Å². The number of carbonyl (C=O) groups is 1. The first-order valence-electron chi connectivity index (χ1n) is 8.87. The summed E-state index contributed by atoms with van der Waals surface area (Å²) in [6, 6.07) is 11.4. The molecule has 0 fully saturated rings. The van der Waals surface area contributed by atoms with Gasteiger partial charge in [0.2, 0.25) is 0 Å². The molecule has 0 aliphatic heterocycles. The summed E-state index contributed by atoms with van der Waals surface area (Å²) in [5, 5.41) is 0. The number of nitrogens with zero attached hydrogens (tertiary/aromatic N) is 2. The van der Waals surface area contributed by atoms with Gasteiger partial charge in [0, 0.05) is 0 Å². The van der Waals surface area contributed by atoms with Crippen LogP contribution >= 0.6 is 11.3 Å². The van der Waals surface area contributed by atoms with E-state index in [0.717, 1.165) is 10.2 Å². The van der Waals surface area contributed by atoms with E-state index < -0.39 is 5.91 Å². The molecule has 0 aliphatic carbocycles. The van der Waals surface area contributed by atoms with Crippen LogP contribution in [-0.2, 0) is 6.54 Å². The molecule has 5 nitrogen and oxygen atoms in total. The Morgan fingerprint density at radius 1 is 1.21 bits per heavy atom. The first-order valence-corrected chi connectivity index (χ1v) is 9.68. The van der Waals surface area contributed by atoms with Crippen molar-refractivity contribution in [1.82, 2.24) is 4.57 Å². The molecule has 0 atom stereocenters. The molecule has 3 aromatic rings. The summed E-state index contributed by atoms with van der Waals surface area (Å²) in [5.41, 5.74) is 2.48. The van der Waals surface area contributed by atoms with Crippen LogP contribution in [0, 0.1) is 12.3 Å². The van der Waals surface area contributed by atoms with Crippen LogP contribution < -0.4 is 14.3 Å². The molecular weight excluding hydrogens is 372 g/mol. The predicted octanol–water partition coefficient (Wildman–Crippen LogP) is 4.22. The third kappa shape index (κ3) is 3.67. The highest BCUT2D eigenvalue weighted by Gasteiger charge is 2.18. The Morgan fingerprint density at radius 2 is 1.89 bits per heavy atom. The molecule has 0 aliphatic rings. The number of fused-ring (bicyclic) bond motifs is 1. The zero-order valence-electron chi connectivity index (χ0n) is 16.4. The average Bonchev–Trinajstić information content (AvgIpc) is 3.03. The number of terminal acetylenes is 1. The van der Waals surface area contributed by atoms with E-state index in [0.29, 0.717) is 34.3 Å². The van der Waals surface area contributed by atoms with Gasteiger partial charge in [0.1, 0.15) is 17.1 Å². The Kier molecular flexibility index (Phi) is 5.86. The fourth-order valence-corrected chi connectivity index (χ4v) is 4.06. The van der Waals surface area contributed by atoms with Crippen LogP contribution in [0.4, 0.5) is 0 Å². The van der Waals surface area contributed by atoms with Gasteiger partial charge in [-0.15, -0.1) is 6.42 Å². The molecule has 2 aromatic carbocycles. The first kappa shape index (κ1) is 19.7. The molecule has 0 N–H and O–H groups in total. The van der Waals surface area contributed by atoms with Gasteiger partial charge in [-0.3, -0.25) is 4.79 Å². The molecule has 0 unspecified atom stereocenters. The number of hydrogen-bond donors (Lipinski definition) is 0. The van der Waals surface area contributed by atoms with Crippen LogP contribution in [0.25, 0.3) is 10.2 Å². The zero-order valence-corrected chi connectivity index (χ0v) is 17.2. The molecule has 28 heavy (non-hydrogen) atoms. The molecule has 6 heteroatoms. The zero-order chi connectivity index (χ0) is 20.3. The second kappa shape index (κ2) is 8.32. The number of methoxy groups -OCH3 is 2. The fraction of sp³-hybridized carbons (Fsp3) is 0.273. The van der Waals surface area contributed by atoms with E-state index in [9.17, 15) is 4.79 Å². The van der Waals surface area contributed by atoms with Crippen LogP contribution in [0.15, 0.2) is 41.4 Å². The van der Waals surface area contributed by atoms with Gasteiger partial charge in [-0.1, -0.05) is 43.2 Å². The molecule has 1 aromatic heterocycles. The van der Waals surface area contributed by atoms with Crippen LogP contribution in [0.2, 0.25) is 0 Å². The van der Waals surface area contributed by atoms with Crippen molar-refractivity contribution in [2.45, 2.75) is 26.3 Å². The van der Waals surface area contributed by atoms with Crippen molar-refractivity contribution in [2.75, 3.05) is 14.2 Å². The fourth-order valence-electron chi connectivity index (χ4n) is 2.98. The van der Waals surface area contributed by atoms with E-state index in [1.54, 1.807) is 18.2 Å². The highest BCUT2D eigenvalue weighted by Crippen LogP contribution is 2.29. The summed E-state index contributed by atoms with van der Waals surface area (Å²) in [7, 11) is 3.02. The van der Waals surface area contributed by atoms with Crippen molar-refractivity contribution in [3.8, 4) is 23.8 Å². The summed E-state index contributed by atoms with van der Waals surface area (Å²) in [6.45, 7) is 4.62. The van der Waals surface area contributed by atoms with E-state index in [-0.39, 0.29) is 0 Å². The lowest BCUT2D eigenvalue weighted by Gasteiger charge is -2.09. The summed E-state index contributed by atoms with van der Waals surface area (Å²) < 4.78 is 13.6. The van der Waals surface area contributed by atoms with Crippen LogP contribution in [0.5, 0.6) is 11.5 Å². The number of carbonyl (C=O) groups excluding carboxylic acids is 1. The minimum absolute atomic E-state index is 0.292. The van der Waals surface area contributed by atoms with E-state index in [1.807, 2.05) is 10.6 Å². The molecule has 1 amide bonds. The number of ether oxygens (including phenoxy) is 2. The van der Waals surface area contributed by atoms with Gasteiger partial charge in [0.15, 0.2) is 4.80 Å². The maximum Gasteiger partial charge on any atom is 0.287 e. The summed E-state index contributed by atoms with van der Waals surface area (Å²) >= 11 is 1.44. The van der Waals surface area contributed by atoms with E-state index in [1.165, 1.54) is 31.1 Å². The Hall–Kier alpha value is -3.04. The normalized spacial score (nSPS) is 11.6. The van der Waals surface area contributed by atoms with Gasteiger partial charge in [0.25, 0.3) is 5.91 Å². The maximum absolute atomic E-state index is 13.0. The lowest BCUT2D eigenvalue weighted by molar-refractivity contribution is 0.0992. The molecule has 0 bridgehead atoms. The summed E-state index contributed by atoms with van der Waals surface area (Å²) in [4.78, 5) is 17.9. The number of hydrogen-bond acceptors (Lipinski definition) is 4.